The third-order valence-electron chi connectivity index (χ3n) is 2.40. The van der Waals surface area contributed by atoms with Crippen molar-refractivity contribution in [3.63, 3.8) is 0 Å². The molecule has 0 fully saturated rings. The van der Waals surface area contributed by atoms with Crippen LogP contribution in [0.25, 0.3) is 10.6 Å². The normalized spacial score (nSPS) is 10.6. The molecule has 2 aromatic rings. The van der Waals surface area contributed by atoms with E-state index in [1.54, 1.807) is 12.1 Å². The van der Waals surface area contributed by atoms with Gasteiger partial charge in [-0.05, 0) is 18.7 Å². The van der Waals surface area contributed by atoms with E-state index in [0.29, 0.717) is 16.6 Å². The van der Waals surface area contributed by atoms with Gasteiger partial charge in [-0.25, -0.2) is 0 Å². The smallest absolute Gasteiger partial charge is 0.273 e. The summed E-state index contributed by atoms with van der Waals surface area (Å²) in [6, 6.07) is 5.23. The van der Waals surface area contributed by atoms with Crippen molar-refractivity contribution in [3.8, 4) is 10.6 Å². The standard InChI is InChI=1S/C12H14ClN3O2S/c1-2-14-5-6-15-12(17)8-7-9(18-16-8)10-3-4-11(13)19-10/h3-4,7,14H,2,5-6H2,1H3,(H,15,17). The number of hydrogen-bond acceptors (Lipinski definition) is 5. The summed E-state index contributed by atoms with van der Waals surface area (Å²) in [6.45, 7) is 4.17. The van der Waals surface area contributed by atoms with E-state index >= 15 is 0 Å². The van der Waals surface area contributed by atoms with Gasteiger partial charge in [0.25, 0.3) is 5.91 Å². The van der Waals surface area contributed by atoms with Crippen molar-refractivity contribution in [2.45, 2.75) is 6.92 Å². The first-order chi connectivity index (χ1) is 9.20. The van der Waals surface area contributed by atoms with Crippen molar-refractivity contribution in [1.82, 2.24) is 15.8 Å². The molecule has 2 heterocycles. The van der Waals surface area contributed by atoms with Gasteiger partial charge in [-0.1, -0.05) is 23.7 Å². The predicted octanol–water partition coefficient (Wildman–Crippen LogP) is 2.40. The van der Waals surface area contributed by atoms with Gasteiger partial charge in [0.15, 0.2) is 11.5 Å². The summed E-state index contributed by atoms with van der Waals surface area (Å²) in [5.41, 5.74) is 0.274. The van der Waals surface area contributed by atoms with Crippen LogP contribution < -0.4 is 10.6 Å². The summed E-state index contributed by atoms with van der Waals surface area (Å²) in [6.07, 6.45) is 0. The minimum Gasteiger partial charge on any atom is -0.355 e. The zero-order chi connectivity index (χ0) is 13.7. The molecule has 0 unspecified atom stereocenters. The van der Waals surface area contributed by atoms with Crippen LogP contribution in [0.15, 0.2) is 22.7 Å². The molecule has 2 N–H and O–H groups in total. The molecule has 2 rings (SSSR count). The topological polar surface area (TPSA) is 67.2 Å². The largest absolute Gasteiger partial charge is 0.355 e. The second-order valence-electron chi connectivity index (χ2n) is 3.79. The Labute approximate surface area is 119 Å². The van der Waals surface area contributed by atoms with Crippen LogP contribution in [0.3, 0.4) is 0 Å². The minimum absolute atomic E-state index is 0.240. The number of carbonyl (C=O) groups is 1. The van der Waals surface area contributed by atoms with Crippen LogP contribution in [0.2, 0.25) is 4.34 Å². The monoisotopic (exact) mass is 299 g/mol. The maximum Gasteiger partial charge on any atom is 0.273 e. The van der Waals surface area contributed by atoms with Crippen LogP contribution in [-0.4, -0.2) is 30.7 Å². The Morgan fingerprint density at radius 2 is 2.32 bits per heavy atom. The Morgan fingerprint density at radius 3 is 3.00 bits per heavy atom. The summed E-state index contributed by atoms with van der Waals surface area (Å²) in [5.74, 6) is 0.310. The Bertz CT molecular complexity index is 553. The molecule has 0 atom stereocenters. The molecule has 0 aliphatic rings. The van der Waals surface area contributed by atoms with Gasteiger partial charge in [-0.15, -0.1) is 11.3 Å². The molecule has 0 spiro atoms. The zero-order valence-corrected chi connectivity index (χ0v) is 12.0. The van der Waals surface area contributed by atoms with Gasteiger partial charge < -0.3 is 15.2 Å². The molecule has 0 radical (unpaired) electrons. The molecule has 1 amide bonds. The van der Waals surface area contributed by atoms with Crippen molar-refractivity contribution in [3.05, 3.63) is 28.2 Å². The van der Waals surface area contributed by atoms with Crippen molar-refractivity contribution >= 4 is 28.8 Å². The molecule has 0 aliphatic carbocycles. The van der Waals surface area contributed by atoms with E-state index in [2.05, 4.69) is 15.8 Å². The average molecular weight is 300 g/mol. The van der Waals surface area contributed by atoms with Gasteiger partial charge in [-0.2, -0.15) is 0 Å². The number of thiophene rings is 1. The van der Waals surface area contributed by atoms with Crippen molar-refractivity contribution in [1.29, 1.82) is 0 Å². The van der Waals surface area contributed by atoms with E-state index in [4.69, 9.17) is 16.1 Å². The van der Waals surface area contributed by atoms with E-state index in [0.717, 1.165) is 18.0 Å². The van der Waals surface area contributed by atoms with E-state index in [-0.39, 0.29) is 11.6 Å². The molecular formula is C12H14ClN3O2S. The van der Waals surface area contributed by atoms with Crippen LogP contribution >= 0.6 is 22.9 Å². The van der Waals surface area contributed by atoms with Crippen molar-refractivity contribution in [2.75, 3.05) is 19.6 Å². The van der Waals surface area contributed by atoms with Crippen LogP contribution in [0.5, 0.6) is 0 Å². The van der Waals surface area contributed by atoms with E-state index in [1.165, 1.54) is 11.3 Å². The molecule has 0 bridgehead atoms. The molecule has 5 nitrogen and oxygen atoms in total. The van der Waals surface area contributed by atoms with E-state index < -0.39 is 0 Å². The highest BCUT2D eigenvalue weighted by Crippen LogP contribution is 2.31. The molecule has 19 heavy (non-hydrogen) atoms. The molecule has 0 saturated carbocycles. The Hall–Kier alpha value is -1.37. The molecule has 0 aromatic carbocycles. The van der Waals surface area contributed by atoms with Crippen LogP contribution in [-0.2, 0) is 0 Å². The summed E-state index contributed by atoms with van der Waals surface area (Å²) in [7, 11) is 0. The zero-order valence-electron chi connectivity index (χ0n) is 10.4. The number of nitrogens with zero attached hydrogens (tertiary/aromatic N) is 1. The molecular weight excluding hydrogens is 286 g/mol. The fraction of sp³-hybridized carbons (Fsp3) is 0.333. The number of halogens is 1. The summed E-state index contributed by atoms with van der Waals surface area (Å²) >= 11 is 7.23. The molecule has 7 heteroatoms. The number of aromatic nitrogens is 1. The Morgan fingerprint density at radius 1 is 1.47 bits per heavy atom. The third kappa shape index (κ3) is 3.79. The molecule has 102 valence electrons. The van der Waals surface area contributed by atoms with Gasteiger partial charge in [0.05, 0.1) is 9.21 Å². The van der Waals surface area contributed by atoms with Gasteiger partial charge in [0.1, 0.15) is 0 Å². The molecule has 0 aliphatic heterocycles. The quantitative estimate of drug-likeness (QED) is 0.804. The van der Waals surface area contributed by atoms with E-state index in [9.17, 15) is 4.79 Å². The molecule has 2 aromatic heterocycles. The maximum atomic E-state index is 11.8. The fourth-order valence-corrected chi connectivity index (χ4v) is 2.47. The lowest BCUT2D eigenvalue weighted by molar-refractivity contribution is 0.0945. The Balaban J connectivity index is 1.95. The lowest BCUT2D eigenvalue weighted by atomic mass is 10.3. The van der Waals surface area contributed by atoms with Gasteiger partial charge >= 0.3 is 0 Å². The summed E-state index contributed by atoms with van der Waals surface area (Å²) < 4.78 is 5.81. The number of carbonyl (C=O) groups excluding carboxylic acids is 1. The average Bonchev–Trinajstić information content (AvgIpc) is 3.02. The van der Waals surface area contributed by atoms with Gasteiger partial charge in [0, 0.05) is 19.2 Å². The summed E-state index contributed by atoms with van der Waals surface area (Å²) in [5, 5.41) is 9.63. The first kappa shape index (κ1) is 14.0. The van der Waals surface area contributed by atoms with Gasteiger partial charge in [0.2, 0.25) is 0 Å². The maximum absolute atomic E-state index is 11.8. The lowest BCUT2D eigenvalue weighted by Gasteiger charge is -2.02. The Kier molecular flexibility index (Phi) is 4.95. The van der Waals surface area contributed by atoms with Crippen LogP contribution in [0.1, 0.15) is 17.4 Å². The van der Waals surface area contributed by atoms with Crippen LogP contribution in [0, 0.1) is 0 Å². The second kappa shape index (κ2) is 6.70. The number of likely N-dealkylation sites (N-methyl/N-ethyl adjacent to an activating group) is 1. The third-order valence-corrected chi connectivity index (χ3v) is 3.64. The fourth-order valence-electron chi connectivity index (χ4n) is 1.48. The SMILES string of the molecule is CCNCCNC(=O)c1cc(-c2ccc(Cl)s2)on1. The number of hydrogen-bond donors (Lipinski definition) is 2. The molecule has 0 saturated heterocycles. The number of nitrogens with one attached hydrogen (secondary N) is 2. The number of rotatable bonds is 6. The van der Waals surface area contributed by atoms with Gasteiger partial charge in [-0.3, -0.25) is 4.79 Å². The second-order valence-corrected chi connectivity index (χ2v) is 5.50. The lowest BCUT2D eigenvalue weighted by Crippen LogP contribution is -2.31. The van der Waals surface area contributed by atoms with Crippen molar-refractivity contribution < 1.29 is 9.32 Å². The predicted molar refractivity (Wildman–Crippen MR) is 75.7 cm³/mol. The first-order valence-electron chi connectivity index (χ1n) is 5.92. The highest BCUT2D eigenvalue weighted by Gasteiger charge is 2.14. The first-order valence-corrected chi connectivity index (χ1v) is 7.11. The van der Waals surface area contributed by atoms with Crippen LogP contribution in [0.4, 0.5) is 0 Å². The number of amides is 1. The summed E-state index contributed by atoms with van der Waals surface area (Å²) in [4.78, 5) is 12.6. The highest BCUT2D eigenvalue weighted by atomic mass is 35.5. The van der Waals surface area contributed by atoms with E-state index in [1.807, 2.05) is 13.0 Å². The minimum atomic E-state index is -0.240. The highest BCUT2D eigenvalue weighted by molar-refractivity contribution is 7.19. The van der Waals surface area contributed by atoms with Crippen molar-refractivity contribution in [2.24, 2.45) is 0 Å².